The van der Waals surface area contributed by atoms with Gasteiger partial charge >= 0.3 is 0 Å². The van der Waals surface area contributed by atoms with Gasteiger partial charge in [0.15, 0.2) is 5.96 Å². The smallest absolute Gasteiger partial charge is 0.194 e. The van der Waals surface area contributed by atoms with Gasteiger partial charge in [-0.25, -0.2) is 4.98 Å². The van der Waals surface area contributed by atoms with Crippen molar-refractivity contribution >= 4 is 52.9 Å². The number of aryl methyl sites for hydroxylation is 1. The number of aromatic nitrogens is 1. The molecular weight excluding hydrogens is 519 g/mol. The number of hydrogen-bond donors (Lipinski definition) is 1. The molecule has 5 nitrogen and oxygen atoms in total. The second-order valence-electron chi connectivity index (χ2n) is 7.29. The molecule has 1 fully saturated rings. The minimum atomic E-state index is -0.0398. The Morgan fingerprint density at radius 1 is 1.38 bits per heavy atom. The zero-order chi connectivity index (χ0) is 20.0. The summed E-state index contributed by atoms with van der Waals surface area (Å²) in [4.78, 5) is 11.7. The molecular formula is C21H30ClIN4OS. The lowest BCUT2D eigenvalue weighted by Crippen LogP contribution is -2.41. The van der Waals surface area contributed by atoms with Gasteiger partial charge in [-0.2, -0.15) is 0 Å². The van der Waals surface area contributed by atoms with Crippen LogP contribution < -0.4 is 5.32 Å². The summed E-state index contributed by atoms with van der Waals surface area (Å²) in [5.74, 6) is 0.904. The molecule has 0 spiro atoms. The highest BCUT2D eigenvalue weighted by Gasteiger charge is 2.34. The molecule has 8 heteroatoms. The fraction of sp³-hybridized carbons (Fsp3) is 0.524. The number of guanidine groups is 1. The fourth-order valence-electron chi connectivity index (χ4n) is 3.61. The third kappa shape index (κ3) is 6.54. The summed E-state index contributed by atoms with van der Waals surface area (Å²) in [5.41, 5.74) is 2.29. The molecule has 1 aromatic carbocycles. The molecule has 1 aliphatic heterocycles. The van der Waals surface area contributed by atoms with E-state index in [2.05, 4.69) is 46.7 Å². The molecule has 0 saturated carbocycles. The molecule has 0 radical (unpaired) electrons. The summed E-state index contributed by atoms with van der Waals surface area (Å²) in [6.07, 6.45) is 1.90. The van der Waals surface area contributed by atoms with Gasteiger partial charge in [0.2, 0.25) is 0 Å². The Kier molecular flexibility index (Phi) is 9.65. The van der Waals surface area contributed by atoms with E-state index in [-0.39, 0.29) is 29.4 Å². The molecule has 2 heterocycles. The largest absolute Gasteiger partial charge is 0.381 e. The second kappa shape index (κ2) is 11.5. The first kappa shape index (κ1) is 24.4. The standard InChI is InChI=1S/C21H29ClN4OS.HI/c1-4-23-20(26(3)13-19-14-28-16(2)25-19)24-15-21(8-10-27-11-9-21)17-6-5-7-18(22)12-17;/h5-7,12,14H,4,8-11,13,15H2,1-3H3,(H,23,24);1H. The maximum atomic E-state index is 6.29. The SMILES string of the molecule is CCNC(=NCC1(c2cccc(Cl)c2)CCOCC1)N(C)Cc1csc(C)n1.I. The Balaban J connectivity index is 0.00000300. The van der Waals surface area contributed by atoms with Crippen molar-refractivity contribution in [2.24, 2.45) is 4.99 Å². The first-order valence-electron chi connectivity index (χ1n) is 9.77. The molecule has 0 atom stereocenters. The quantitative estimate of drug-likeness (QED) is 0.318. The lowest BCUT2D eigenvalue weighted by molar-refractivity contribution is 0.0530. The number of nitrogens with one attached hydrogen (secondary N) is 1. The minimum Gasteiger partial charge on any atom is -0.381 e. The maximum absolute atomic E-state index is 6.29. The Morgan fingerprint density at radius 3 is 2.76 bits per heavy atom. The lowest BCUT2D eigenvalue weighted by atomic mass is 9.74. The third-order valence-electron chi connectivity index (χ3n) is 5.18. The van der Waals surface area contributed by atoms with Gasteiger partial charge < -0.3 is 15.0 Å². The summed E-state index contributed by atoms with van der Waals surface area (Å²) < 4.78 is 5.64. The topological polar surface area (TPSA) is 49.8 Å². The number of hydrogen-bond acceptors (Lipinski definition) is 4. The minimum absolute atomic E-state index is 0. The number of rotatable bonds is 6. The Bertz CT molecular complexity index is 807. The van der Waals surface area contributed by atoms with Crippen molar-refractivity contribution in [1.82, 2.24) is 15.2 Å². The molecule has 0 unspecified atom stereocenters. The zero-order valence-electron chi connectivity index (χ0n) is 17.3. The number of aliphatic imine (C=N–C) groups is 1. The van der Waals surface area contributed by atoms with Crippen molar-refractivity contribution in [3.8, 4) is 0 Å². The van der Waals surface area contributed by atoms with Crippen LogP contribution in [0, 0.1) is 6.92 Å². The van der Waals surface area contributed by atoms with E-state index in [1.807, 2.05) is 19.1 Å². The van der Waals surface area contributed by atoms with Crippen molar-refractivity contribution in [3.05, 3.63) is 50.9 Å². The van der Waals surface area contributed by atoms with Gasteiger partial charge in [0.05, 0.1) is 23.8 Å². The van der Waals surface area contributed by atoms with Crippen LogP contribution in [0.1, 0.15) is 36.0 Å². The number of nitrogens with zero attached hydrogens (tertiary/aromatic N) is 3. The highest BCUT2D eigenvalue weighted by atomic mass is 127. The van der Waals surface area contributed by atoms with E-state index in [0.29, 0.717) is 6.54 Å². The van der Waals surface area contributed by atoms with Gasteiger partial charge in [0.25, 0.3) is 0 Å². The van der Waals surface area contributed by atoms with Crippen LogP contribution in [-0.2, 0) is 16.7 Å². The normalized spacial score (nSPS) is 16.2. The van der Waals surface area contributed by atoms with Gasteiger partial charge in [-0.05, 0) is 44.4 Å². The number of benzene rings is 1. The van der Waals surface area contributed by atoms with Crippen molar-refractivity contribution in [3.63, 3.8) is 0 Å². The summed E-state index contributed by atoms with van der Waals surface area (Å²) in [7, 11) is 2.06. The lowest BCUT2D eigenvalue weighted by Gasteiger charge is -2.37. The van der Waals surface area contributed by atoms with Gasteiger partial charge in [0, 0.05) is 42.6 Å². The molecule has 3 rings (SSSR count). The number of thiazole rings is 1. The average molecular weight is 549 g/mol. The van der Waals surface area contributed by atoms with Crippen LogP contribution in [0.3, 0.4) is 0 Å². The van der Waals surface area contributed by atoms with E-state index in [9.17, 15) is 0 Å². The molecule has 1 aliphatic rings. The van der Waals surface area contributed by atoms with Gasteiger partial charge in [-0.1, -0.05) is 23.7 Å². The van der Waals surface area contributed by atoms with Crippen molar-refractivity contribution < 1.29 is 4.74 Å². The molecule has 1 N–H and O–H groups in total. The van der Waals surface area contributed by atoms with E-state index >= 15 is 0 Å². The Hall–Kier alpha value is -0.900. The Morgan fingerprint density at radius 2 is 2.14 bits per heavy atom. The van der Waals surface area contributed by atoms with E-state index in [4.69, 9.17) is 21.3 Å². The molecule has 160 valence electrons. The van der Waals surface area contributed by atoms with E-state index in [0.717, 1.165) is 60.8 Å². The van der Waals surface area contributed by atoms with Crippen LogP contribution in [0.4, 0.5) is 0 Å². The van der Waals surface area contributed by atoms with Crippen LogP contribution in [0.5, 0.6) is 0 Å². The first-order valence-corrected chi connectivity index (χ1v) is 11.0. The predicted octanol–water partition coefficient (Wildman–Crippen LogP) is 4.87. The summed E-state index contributed by atoms with van der Waals surface area (Å²) >= 11 is 7.97. The van der Waals surface area contributed by atoms with Crippen LogP contribution >= 0.6 is 46.9 Å². The Labute approximate surface area is 199 Å². The molecule has 0 amide bonds. The fourth-order valence-corrected chi connectivity index (χ4v) is 4.41. The predicted molar refractivity (Wildman–Crippen MR) is 133 cm³/mol. The van der Waals surface area contributed by atoms with E-state index in [1.165, 1.54) is 5.56 Å². The second-order valence-corrected chi connectivity index (χ2v) is 8.79. The number of halogens is 2. The van der Waals surface area contributed by atoms with Gasteiger partial charge in [0.1, 0.15) is 0 Å². The molecule has 1 aromatic heterocycles. The molecule has 29 heavy (non-hydrogen) atoms. The van der Waals surface area contributed by atoms with Crippen LogP contribution in [-0.4, -0.2) is 49.2 Å². The molecule has 1 saturated heterocycles. The van der Waals surface area contributed by atoms with Crippen LogP contribution in [0.15, 0.2) is 34.6 Å². The van der Waals surface area contributed by atoms with E-state index in [1.54, 1.807) is 11.3 Å². The molecule has 0 aliphatic carbocycles. The monoisotopic (exact) mass is 548 g/mol. The van der Waals surface area contributed by atoms with Crippen molar-refractivity contribution in [2.75, 3.05) is 33.4 Å². The van der Waals surface area contributed by atoms with Crippen molar-refractivity contribution in [1.29, 1.82) is 0 Å². The first-order chi connectivity index (χ1) is 13.5. The van der Waals surface area contributed by atoms with E-state index < -0.39 is 0 Å². The highest BCUT2D eigenvalue weighted by Crippen LogP contribution is 2.36. The summed E-state index contributed by atoms with van der Waals surface area (Å²) in [6.45, 7) is 7.92. The number of ether oxygens (including phenoxy) is 1. The van der Waals surface area contributed by atoms with Crippen molar-refractivity contribution in [2.45, 2.75) is 38.6 Å². The zero-order valence-corrected chi connectivity index (χ0v) is 21.2. The summed E-state index contributed by atoms with van der Waals surface area (Å²) in [6, 6.07) is 8.20. The third-order valence-corrected chi connectivity index (χ3v) is 6.24. The highest BCUT2D eigenvalue weighted by molar-refractivity contribution is 14.0. The average Bonchev–Trinajstić information content (AvgIpc) is 3.10. The van der Waals surface area contributed by atoms with Gasteiger partial charge in [-0.3, -0.25) is 4.99 Å². The van der Waals surface area contributed by atoms with Crippen LogP contribution in [0.2, 0.25) is 5.02 Å². The maximum Gasteiger partial charge on any atom is 0.194 e. The van der Waals surface area contributed by atoms with Gasteiger partial charge in [-0.15, -0.1) is 35.3 Å². The summed E-state index contributed by atoms with van der Waals surface area (Å²) in [5, 5.41) is 7.40. The van der Waals surface area contributed by atoms with Crippen LogP contribution in [0.25, 0.3) is 0 Å². The molecule has 2 aromatic rings. The molecule has 0 bridgehead atoms.